The van der Waals surface area contributed by atoms with Crippen molar-refractivity contribution in [2.45, 2.75) is 39.9 Å². The molecule has 0 saturated carbocycles. The summed E-state index contributed by atoms with van der Waals surface area (Å²) < 4.78 is 75.3. The van der Waals surface area contributed by atoms with Gasteiger partial charge in [-0.1, -0.05) is 20.8 Å². The summed E-state index contributed by atoms with van der Waals surface area (Å²) in [4.78, 5) is 23.0. The van der Waals surface area contributed by atoms with Gasteiger partial charge in [0, 0.05) is 12.2 Å². The Labute approximate surface area is 146 Å². The van der Waals surface area contributed by atoms with Crippen molar-refractivity contribution in [3.63, 3.8) is 0 Å². The number of esters is 2. The predicted octanol–water partition coefficient (Wildman–Crippen LogP) is 3.96. The molecule has 0 aromatic heterocycles. The predicted molar refractivity (Wildman–Crippen MR) is 80.2 cm³/mol. The maximum atomic E-state index is 13.4. The third kappa shape index (κ3) is 5.27. The second-order valence-electron chi connectivity index (χ2n) is 5.62. The minimum atomic E-state index is -2.31. The zero-order valence-electron chi connectivity index (χ0n) is 14.2. The van der Waals surface area contributed by atoms with Crippen LogP contribution in [0.1, 0.15) is 32.8 Å². The van der Waals surface area contributed by atoms with Crippen LogP contribution in [0.5, 0.6) is 0 Å². The van der Waals surface area contributed by atoms with Gasteiger partial charge in [-0.2, -0.15) is 0 Å². The zero-order valence-corrected chi connectivity index (χ0v) is 14.2. The number of rotatable bonds is 7. The van der Waals surface area contributed by atoms with Gasteiger partial charge >= 0.3 is 11.9 Å². The van der Waals surface area contributed by atoms with Crippen molar-refractivity contribution >= 4 is 11.9 Å². The van der Waals surface area contributed by atoms with Crippen LogP contribution < -0.4 is 0 Å². The highest BCUT2D eigenvalue weighted by molar-refractivity contribution is 5.91. The maximum absolute atomic E-state index is 13.4. The number of carbonyl (C=O) groups is 2. The molecule has 0 spiro atoms. The van der Waals surface area contributed by atoms with E-state index in [1.807, 2.05) is 13.8 Å². The average molecular weight is 380 g/mol. The van der Waals surface area contributed by atoms with Gasteiger partial charge in [-0.3, -0.25) is 0 Å². The third-order valence-electron chi connectivity index (χ3n) is 3.43. The highest BCUT2D eigenvalue weighted by Crippen LogP contribution is 2.23. The number of hydrogen-bond donors (Lipinski definition) is 0. The zero-order chi connectivity index (χ0) is 20.0. The van der Waals surface area contributed by atoms with E-state index in [-0.39, 0.29) is 12.0 Å². The summed E-state index contributed by atoms with van der Waals surface area (Å²) in [6.07, 6.45) is 1.56. The Hall–Kier alpha value is -2.45. The molecule has 1 aromatic carbocycles. The normalized spacial score (nSPS) is 12.5. The van der Waals surface area contributed by atoms with Gasteiger partial charge in [-0.15, -0.1) is 0 Å². The Morgan fingerprint density at radius 2 is 1.35 bits per heavy atom. The molecular formula is C17H17F5O4. The molecule has 0 aliphatic carbocycles. The van der Waals surface area contributed by atoms with E-state index in [2.05, 4.69) is 4.74 Å². The van der Waals surface area contributed by atoms with Crippen LogP contribution in [0, 0.1) is 35.0 Å². The lowest BCUT2D eigenvalue weighted by molar-refractivity contribution is -0.146. The summed E-state index contributed by atoms with van der Waals surface area (Å²) in [6.45, 7) is 4.28. The molecule has 0 N–H and O–H groups in total. The Kier molecular flexibility index (Phi) is 7.73. The molecule has 0 saturated heterocycles. The molecule has 26 heavy (non-hydrogen) atoms. The topological polar surface area (TPSA) is 52.6 Å². The molecule has 1 unspecified atom stereocenters. The van der Waals surface area contributed by atoms with Gasteiger partial charge in [0.15, 0.2) is 23.3 Å². The lowest BCUT2D eigenvalue weighted by Crippen LogP contribution is -2.21. The second-order valence-corrected chi connectivity index (χ2v) is 5.62. The van der Waals surface area contributed by atoms with Crippen LogP contribution in [-0.2, 0) is 25.7 Å². The molecule has 9 heteroatoms. The van der Waals surface area contributed by atoms with Crippen LogP contribution in [0.15, 0.2) is 12.2 Å². The molecule has 1 rings (SSSR count). The van der Waals surface area contributed by atoms with E-state index in [9.17, 15) is 31.5 Å². The smallest absolute Gasteiger partial charge is 0.331 e. The van der Waals surface area contributed by atoms with Crippen molar-refractivity contribution in [2.24, 2.45) is 5.92 Å². The van der Waals surface area contributed by atoms with Crippen molar-refractivity contribution < 1.29 is 41.0 Å². The van der Waals surface area contributed by atoms with E-state index < -0.39 is 53.2 Å². The maximum Gasteiger partial charge on any atom is 0.331 e. The Bertz CT molecular complexity index is 687. The lowest BCUT2D eigenvalue weighted by Gasteiger charge is -2.18. The number of carbonyl (C=O) groups excluding carboxylic acids is 2. The summed E-state index contributed by atoms with van der Waals surface area (Å²) in [5.41, 5.74) is -1.29. The Balaban J connectivity index is 2.72. The van der Waals surface area contributed by atoms with E-state index in [0.717, 1.165) is 6.08 Å². The first-order chi connectivity index (χ1) is 12.1. The van der Waals surface area contributed by atoms with Crippen LogP contribution >= 0.6 is 0 Å². The van der Waals surface area contributed by atoms with Crippen molar-refractivity contribution in [2.75, 3.05) is 0 Å². The Morgan fingerprint density at radius 1 is 0.885 bits per heavy atom. The quantitative estimate of drug-likeness (QED) is 0.236. The van der Waals surface area contributed by atoms with E-state index >= 15 is 0 Å². The summed E-state index contributed by atoms with van der Waals surface area (Å²) in [5, 5.41) is 0. The largest absolute Gasteiger partial charge is 0.459 e. The molecule has 0 aliphatic rings. The van der Waals surface area contributed by atoms with E-state index in [1.165, 1.54) is 0 Å². The molecule has 1 aromatic rings. The van der Waals surface area contributed by atoms with Crippen LogP contribution in [0.2, 0.25) is 0 Å². The van der Waals surface area contributed by atoms with Gasteiger partial charge < -0.3 is 9.47 Å². The lowest BCUT2D eigenvalue weighted by atomic mass is 10.1. The number of halogens is 5. The number of benzene rings is 1. The number of ether oxygens (including phenoxy) is 2. The van der Waals surface area contributed by atoms with Gasteiger partial charge in [-0.25, -0.2) is 31.5 Å². The van der Waals surface area contributed by atoms with E-state index in [0.29, 0.717) is 12.5 Å². The minimum Gasteiger partial charge on any atom is -0.459 e. The molecule has 0 heterocycles. The van der Waals surface area contributed by atoms with Crippen molar-refractivity contribution in [3.8, 4) is 0 Å². The number of hydrogen-bond acceptors (Lipinski definition) is 4. The molecule has 0 bridgehead atoms. The van der Waals surface area contributed by atoms with E-state index in [4.69, 9.17) is 4.74 Å². The fraction of sp³-hybridized carbons (Fsp3) is 0.412. The second kappa shape index (κ2) is 9.30. The monoisotopic (exact) mass is 380 g/mol. The first-order valence-electron chi connectivity index (χ1n) is 7.65. The highest BCUT2D eigenvalue weighted by atomic mass is 19.2. The van der Waals surface area contributed by atoms with Crippen LogP contribution in [0.4, 0.5) is 22.0 Å². The van der Waals surface area contributed by atoms with Crippen LogP contribution in [0.25, 0.3) is 0 Å². The first-order valence-corrected chi connectivity index (χ1v) is 7.65. The van der Waals surface area contributed by atoms with Crippen molar-refractivity contribution in [1.82, 2.24) is 0 Å². The third-order valence-corrected chi connectivity index (χ3v) is 3.43. The standard InChI is InChI=1S/C17H17F5O4/c1-4-10(8(2)3)26-12(24)6-5-11(23)25-7-9-13(18)15(20)17(22)16(21)14(9)19/h5-6,8,10H,4,7H2,1-3H3/b6-5+. The van der Waals surface area contributed by atoms with Crippen LogP contribution in [-0.4, -0.2) is 18.0 Å². The summed E-state index contributed by atoms with van der Waals surface area (Å²) in [6, 6.07) is 0. The summed E-state index contributed by atoms with van der Waals surface area (Å²) >= 11 is 0. The van der Waals surface area contributed by atoms with Crippen molar-refractivity contribution in [1.29, 1.82) is 0 Å². The molecule has 0 amide bonds. The van der Waals surface area contributed by atoms with Crippen molar-refractivity contribution in [3.05, 3.63) is 46.8 Å². The van der Waals surface area contributed by atoms with Gasteiger partial charge in [0.2, 0.25) is 5.82 Å². The molecule has 0 fully saturated rings. The molecule has 144 valence electrons. The Morgan fingerprint density at radius 3 is 1.81 bits per heavy atom. The summed E-state index contributed by atoms with van der Waals surface area (Å²) in [7, 11) is 0. The minimum absolute atomic E-state index is 0.0542. The molecule has 4 nitrogen and oxygen atoms in total. The fourth-order valence-corrected chi connectivity index (χ4v) is 1.98. The SMILES string of the molecule is CCC(OC(=O)/C=C/C(=O)OCc1c(F)c(F)c(F)c(F)c1F)C(C)C. The molecule has 0 aliphatic heterocycles. The highest BCUT2D eigenvalue weighted by Gasteiger charge is 2.26. The average Bonchev–Trinajstić information content (AvgIpc) is 2.60. The summed E-state index contributed by atoms with van der Waals surface area (Å²) in [5.74, 6) is -12.8. The molecule has 1 atom stereocenters. The molecular weight excluding hydrogens is 363 g/mol. The molecule has 0 radical (unpaired) electrons. The van der Waals surface area contributed by atoms with Gasteiger partial charge in [0.05, 0.1) is 5.56 Å². The van der Waals surface area contributed by atoms with Crippen LogP contribution in [0.3, 0.4) is 0 Å². The first kappa shape index (κ1) is 21.6. The van der Waals surface area contributed by atoms with Gasteiger partial charge in [0.25, 0.3) is 0 Å². The van der Waals surface area contributed by atoms with E-state index in [1.54, 1.807) is 6.92 Å². The fourth-order valence-electron chi connectivity index (χ4n) is 1.98. The van der Waals surface area contributed by atoms with Gasteiger partial charge in [-0.05, 0) is 12.3 Å². The van der Waals surface area contributed by atoms with Gasteiger partial charge in [0.1, 0.15) is 12.7 Å².